The first-order valence-electron chi connectivity index (χ1n) is 11.9. The fraction of sp³-hybridized carbons (Fsp3) is 0.481. The molecule has 37 heavy (non-hydrogen) atoms. The highest BCUT2D eigenvalue weighted by Crippen LogP contribution is 2.60. The van der Waals surface area contributed by atoms with Crippen LogP contribution in [0.5, 0.6) is 34.5 Å². The normalized spacial score (nSPS) is 21.5. The van der Waals surface area contributed by atoms with Gasteiger partial charge in [-0.25, -0.2) is 0 Å². The molecule has 2 aromatic carbocycles. The maximum atomic E-state index is 12.3. The van der Waals surface area contributed by atoms with Crippen LogP contribution in [-0.2, 0) is 19.1 Å². The second-order valence-corrected chi connectivity index (χ2v) is 9.00. The fourth-order valence-corrected chi connectivity index (χ4v) is 5.18. The fourth-order valence-electron chi connectivity index (χ4n) is 5.18. The summed E-state index contributed by atoms with van der Waals surface area (Å²) in [7, 11) is 6.04. The number of rotatable bonds is 6. The third-order valence-corrected chi connectivity index (χ3v) is 6.95. The number of hydrogen-bond acceptors (Lipinski definition) is 10. The number of hydrogen-bond donors (Lipinski definition) is 0. The van der Waals surface area contributed by atoms with E-state index in [9.17, 15) is 9.59 Å². The van der Waals surface area contributed by atoms with E-state index in [1.165, 1.54) is 42.3 Å². The number of carbonyl (C=O) groups is 2. The van der Waals surface area contributed by atoms with Crippen LogP contribution in [0.1, 0.15) is 51.0 Å². The molecule has 0 spiro atoms. The predicted octanol–water partition coefficient (Wildman–Crippen LogP) is 4.61. The van der Waals surface area contributed by atoms with Gasteiger partial charge in [-0.15, -0.1) is 0 Å². The molecule has 200 valence electrons. The van der Waals surface area contributed by atoms with Crippen LogP contribution in [0.3, 0.4) is 0 Å². The van der Waals surface area contributed by atoms with Crippen molar-refractivity contribution in [2.24, 2.45) is 11.8 Å². The van der Waals surface area contributed by atoms with Gasteiger partial charge < -0.3 is 37.9 Å². The topological polar surface area (TPSA) is 108 Å². The van der Waals surface area contributed by atoms with Crippen LogP contribution in [-0.4, -0.2) is 47.2 Å². The van der Waals surface area contributed by atoms with E-state index in [0.717, 1.165) is 0 Å². The van der Waals surface area contributed by atoms with E-state index in [0.29, 0.717) is 56.8 Å². The summed E-state index contributed by atoms with van der Waals surface area (Å²) in [4.78, 5) is 24.6. The van der Waals surface area contributed by atoms with Gasteiger partial charge in [0.15, 0.2) is 23.0 Å². The van der Waals surface area contributed by atoms with Gasteiger partial charge in [-0.05, 0) is 12.1 Å². The van der Waals surface area contributed by atoms with E-state index >= 15 is 0 Å². The molecule has 10 nitrogen and oxygen atoms in total. The molecule has 0 saturated heterocycles. The van der Waals surface area contributed by atoms with Gasteiger partial charge in [-0.2, -0.15) is 0 Å². The van der Waals surface area contributed by atoms with E-state index in [4.69, 9.17) is 37.9 Å². The highest BCUT2D eigenvalue weighted by Gasteiger charge is 2.44. The number of fused-ring (bicyclic) bond motifs is 4. The van der Waals surface area contributed by atoms with Crippen molar-refractivity contribution < 1.29 is 47.5 Å². The smallest absolute Gasteiger partial charge is 0.303 e. The summed E-state index contributed by atoms with van der Waals surface area (Å²) < 4.78 is 46.4. The highest BCUT2D eigenvalue weighted by molar-refractivity contribution is 5.89. The quantitative estimate of drug-likeness (QED) is 0.505. The summed E-state index contributed by atoms with van der Waals surface area (Å²) in [5.74, 6) is 0.745. The van der Waals surface area contributed by atoms with Crippen LogP contribution >= 0.6 is 0 Å². The highest BCUT2D eigenvalue weighted by atomic mass is 16.7. The minimum atomic E-state index is -0.752. The predicted molar refractivity (Wildman–Crippen MR) is 132 cm³/mol. The van der Waals surface area contributed by atoms with Crippen LogP contribution in [0.15, 0.2) is 12.1 Å². The minimum Gasteiger partial charge on any atom is -0.493 e. The lowest BCUT2D eigenvalue weighted by Gasteiger charge is -2.38. The van der Waals surface area contributed by atoms with Crippen molar-refractivity contribution in [2.75, 3.05) is 35.2 Å². The Hall–Kier alpha value is -3.82. The molecule has 0 unspecified atom stereocenters. The van der Waals surface area contributed by atoms with Crippen LogP contribution in [0.25, 0.3) is 11.1 Å². The van der Waals surface area contributed by atoms with Gasteiger partial charge in [-0.1, -0.05) is 13.8 Å². The summed E-state index contributed by atoms with van der Waals surface area (Å²) in [6.07, 6.45) is -1.49. The molecule has 4 rings (SSSR count). The van der Waals surface area contributed by atoms with Crippen molar-refractivity contribution in [2.45, 2.75) is 39.9 Å². The van der Waals surface area contributed by atoms with E-state index in [1.807, 2.05) is 13.8 Å². The molecule has 0 radical (unpaired) electrons. The zero-order valence-corrected chi connectivity index (χ0v) is 22.3. The molecule has 10 heteroatoms. The molecule has 0 bridgehead atoms. The Labute approximate surface area is 215 Å². The molecule has 1 aliphatic heterocycles. The Bertz CT molecular complexity index is 1220. The average molecular weight is 517 g/mol. The summed E-state index contributed by atoms with van der Waals surface area (Å²) in [5.41, 5.74) is 2.32. The third-order valence-electron chi connectivity index (χ3n) is 6.95. The first kappa shape index (κ1) is 26.2. The molecule has 2 aliphatic rings. The SMILES string of the molecule is COc1cc2c(c(OC)c1OC)-c1c(cc3c(c1OC)OCO3)[C@H](OC(C)=O)[C@H](C)[C@H](C)[C@H]2OC(C)=O. The Kier molecular flexibility index (Phi) is 7.29. The monoisotopic (exact) mass is 516 g/mol. The van der Waals surface area contributed by atoms with Gasteiger partial charge in [0, 0.05) is 47.9 Å². The van der Waals surface area contributed by atoms with Gasteiger partial charge in [0.05, 0.1) is 28.4 Å². The van der Waals surface area contributed by atoms with Gasteiger partial charge in [0.1, 0.15) is 12.2 Å². The first-order chi connectivity index (χ1) is 17.7. The second kappa shape index (κ2) is 10.3. The standard InChI is InChI=1S/C27H32O10/c1-12-13(2)23(37-15(4)29)17-10-19-25(35-11-34-19)27(33-8)21(17)20-16(22(12)36-14(3)28)9-18(30-5)24(31-6)26(20)32-7/h9-10,12-13,22-23H,11H2,1-8H3/t12-,13+,22+,23+/m0/s1. The number of carbonyl (C=O) groups excluding carboxylic acids is 2. The summed E-state index contributed by atoms with van der Waals surface area (Å²) in [6, 6.07) is 3.57. The lowest BCUT2D eigenvalue weighted by Crippen LogP contribution is -2.30. The molecule has 1 heterocycles. The molecule has 0 fully saturated rings. The van der Waals surface area contributed by atoms with Crippen molar-refractivity contribution in [1.29, 1.82) is 0 Å². The van der Waals surface area contributed by atoms with Crippen LogP contribution in [0.4, 0.5) is 0 Å². The first-order valence-corrected chi connectivity index (χ1v) is 11.9. The lowest BCUT2D eigenvalue weighted by molar-refractivity contribution is -0.158. The number of ether oxygens (including phenoxy) is 8. The number of esters is 2. The Morgan fingerprint density at radius 3 is 1.73 bits per heavy atom. The van der Waals surface area contributed by atoms with Crippen molar-refractivity contribution in [1.82, 2.24) is 0 Å². The Balaban J connectivity index is 2.23. The van der Waals surface area contributed by atoms with E-state index in [2.05, 4.69) is 0 Å². The van der Waals surface area contributed by atoms with Crippen LogP contribution in [0, 0.1) is 11.8 Å². The van der Waals surface area contributed by atoms with Crippen molar-refractivity contribution in [3.05, 3.63) is 23.3 Å². The molecule has 0 aromatic heterocycles. The molecule has 0 saturated carbocycles. The molecular weight excluding hydrogens is 484 g/mol. The van der Waals surface area contributed by atoms with Gasteiger partial charge in [0.25, 0.3) is 0 Å². The molecule has 0 amide bonds. The zero-order valence-electron chi connectivity index (χ0n) is 22.3. The van der Waals surface area contributed by atoms with Gasteiger partial charge in [0.2, 0.25) is 18.3 Å². The molecule has 1 aliphatic carbocycles. The largest absolute Gasteiger partial charge is 0.493 e. The number of benzene rings is 2. The molecule has 2 aromatic rings. The van der Waals surface area contributed by atoms with Crippen molar-refractivity contribution >= 4 is 11.9 Å². The summed E-state index contributed by atoms with van der Waals surface area (Å²) >= 11 is 0. The molecule has 0 N–H and O–H groups in total. The maximum Gasteiger partial charge on any atom is 0.303 e. The Morgan fingerprint density at radius 1 is 0.730 bits per heavy atom. The second-order valence-electron chi connectivity index (χ2n) is 9.00. The van der Waals surface area contributed by atoms with Gasteiger partial charge >= 0.3 is 11.9 Å². The third kappa shape index (κ3) is 4.34. The maximum absolute atomic E-state index is 12.3. The average Bonchev–Trinajstić information content (AvgIpc) is 3.35. The number of methoxy groups -OCH3 is 4. The Morgan fingerprint density at radius 2 is 1.24 bits per heavy atom. The van der Waals surface area contributed by atoms with E-state index < -0.39 is 24.1 Å². The van der Waals surface area contributed by atoms with Gasteiger partial charge in [-0.3, -0.25) is 9.59 Å². The lowest BCUT2D eigenvalue weighted by atomic mass is 9.74. The summed E-state index contributed by atoms with van der Waals surface area (Å²) in [6.45, 7) is 6.59. The zero-order chi connectivity index (χ0) is 27.0. The van der Waals surface area contributed by atoms with E-state index in [-0.39, 0.29) is 18.6 Å². The van der Waals surface area contributed by atoms with Crippen molar-refractivity contribution in [3.8, 4) is 45.6 Å². The van der Waals surface area contributed by atoms with Crippen LogP contribution in [0.2, 0.25) is 0 Å². The van der Waals surface area contributed by atoms with Crippen LogP contribution < -0.4 is 28.4 Å². The minimum absolute atomic E-state index is 0.00474. The van der Waals surface area contributed by atoms with E-state index in [1.54, 1.807) is 12.1 Å². The molecular formula is C27H32O10. The summed E-state index contributed by atoms with van der Waals surface area (Å²) in [5, 5.41) is 0. The van der Waals surface area contributed by atoms with Crippen molar-refractivity contribution in [3.63, 3.8) is 0 Å². The molecule has 4 atom stereocenters.